The molecule has 1 aliphatic rings. The topological polar surface area (TPSA) is 20.2 Å². The molecule has 1 aliphatic carbocycles. The Balaban J connectivity index is 0. The maximum Gasteiger partial charge on any atom is 0.0577 e. The second-order valence-corrected chi connectivity index (χ2v) is 2.48. The number of aliphatic hydroxyl groups excluding tert-OH is 1. The van der Waals surface area contributed by atoms with E-state index >= 15 is 0 Å². The van der Waals surface area contributed by atoms with Crippen LogP contribution in [0, 0.1) is 0 Å². The van der Waals surface area contributed by atoms with E-state index in [4.69, 9.17) is 5.11 Å². The van der Waals surface area contributed by atoms with E-state index < -0.39 is 0 Å². The second-order valence-electron chi connectivity index (χ2n) is 2.48. The minimum absolute atomic E-state index is 0.0568. The molecule has 1 atom stereocenters. The van der Waals surface area contributed by atoms with Crippen LogP contribution >= 0.6 is 0 Å². The summed E-state index contributed by atoms with van der Waals surface area (Å²) in [6.07, 6.45) is 4.97. The Bertz CT molecular complexity index is 106. The molecule has 74 valence electrons. The quantitative estimate of drug-likeness (QED) is 0.554. The molecule has 0 amide bonds. The zero-order valence-corrected chi connectivity index (χ0v) is 9.22. The highest BCUT2D eigenvalue weighted by atomic mass is 16.3. The number of aliphatic hydroxyl groups is 1. The molecule has 0 spiro atoms. The molecule has 0 bridgehead atoms. The van der Waals surface area contributed by atoms with Crippen LogP contribution in [0.2, 0.25) is 0 Å². The Morgan fingerprint density at radius 1 is 1.25 bits per heavy atom. The van der Waals surface area contributed by atoms with Gasteiger partial charge in [0.1, 0.15) is 0 Å². The lowest BCUT2D eigenvalue weighted by Crippen LogP contribution is -2.08. The highest BCUT2D eigenvalue weighted by molar-refractivity contribution is 5.02. The Morgan fingerprint density at radius 3 is 2.00 bits per heavy atom. The Hall–Kier alpha value is -0.300. The Kier molecular flexibility index (Phi) is 12.7. The lowest BCUT2D eigenvalue weighted by molar-refractivity contribution is 0.162. The first kappa shape index (κ1) is 14.2. The van der Waals surface area contributed by atoms with Crippen LogP contribution in [-0.2, 0) is 0 Å². The van der Waals surface area contributed by atoms with E-state index in [2.05, 4.69) is 13.0 Å². The summed E-state index contributed by atoms with van der Waals surface area (Å²) in [5.41, 5.74) is 1.43. The minimum Gasteiger partial charge on any atom is -0.393 e. The van der Waals surface area contributed by atoms with Crippen molar-refractivity contribution in [1.82, 2.24) is 0 Å². The van der Waals surface area contributed by atoms with Crippen molar-refractivity contribution in [2.45, 2.75) is 60.0 Å². The van der Waals surface area contributed by atoms with Gasteiger partial charge in [0.15, 0.2) is 0 Å². The molecule has 0 saturated heterocycles. The first-order valence-electron chi connectivity index (χ1n) is 5.13. The second kappa shape index (κ2) is 10.7. The summed E-state index contributed by atoms with van der Waals surface area (Å²) in [4.78, 5) is 0. The average Bonchev–Trinajstić information content (AvgIpc) is 2.17. The molecule has 0 radical (unpaired) electrons. The van der Waals surface area contributed by atoms with Crippen molar-refractivity contribution in [3.8, 4) is 0 Å². The van der Waals surface area contributed by atoms with Gasteiger partial charge in [-0.05, 0) is 26.2 Å². The molecule has 0 aromatic heterocycles. The first-order chi connectivity index (χ1) is 5.79. The molecular formula is C11H24O. The molecule has 0 fully saturated rings. The zero-order valence-electron chi connectivity index (χ0n) is 9.22. The summed E-state index contributed by atoms with van der Waals surface area (Å²) < 4.78 is 0. The third kappa shape index (κ3) is 7.80. The summed E-state index contributed by atoms with van der Waals surface area (Å²) in [6.45, 7) is 10.1. The molecule has 0 aromatic carbocycles. The fourth-order valence-corrected chi connectivity index (χ4v) is 0.951. The fraction of sp³-hybridized carbons (Fsp3) is 0.818. The van der Waals surface area contributed by atoms with Crippen LogP contribution in [0.5, 0.6) is 0 Å². The molecule has 1 N–H and O–H groups in total. The molecular weight excluding hydrogens is 148 g/mol. The van der Waals surface area contributed by atoms with E-state index in [1.807, 2.05) is 27.7 Å². The molecule has 0 aliphatic heterocycles. The van der Waals surface area contributed by atoms with Gasteiger partial charge in [-0.1, -0.05) is 39.3 Å². The highest BCUT2D eigenvalue weighted by Gasteiger charge is 2.06. The third-order valence-corrected chi connectivity index (χ3v) is 1.61. The van der Waals surface area contributed by atoms with Crippen molar-refractivity contribution in [2.24, 2.45) is 0 Å². The molecule has 0 saturated carbocycles. The van der Waals surface area contributed by atoms with Crippen molar-refractivity contribution in [1.29, 1.82) is 0 Å². The number of hydrogen-bond donors (Lipinski definition) is 1. The van der Waals surface area contributed by atoms with E-state index in [1.165, 1.54) is 5.57 Å². The van der Waals surface area contributed by atoms with Crippen molar-refractivity contribution >= 4 is 0 Å². The van der Waals surface area contributed by atoms with E-state index in [0.29, 0.717) is 0 Å². The van der Waals surface area contributed by atoms with E-state index in [-0.39, 0.29) is 6.10 Å². The van der Waals surface area contributed by atoms with Crippen LogP contribution in [0.4, 0.5) is 0 Å². The summed E-state index contributed by atoms with van der Waals surface area (Å²) in [6, 6.07) is 0. The Morgan fingerprint density at radius 2 is 1.75 bits per heavy atom. The molecule has 1 nitrogen and oxygen atoms in total. The van der Waals surface area contributed by atoms with Crippen molar-refractivity contribution in [3.63, 3.8) is 0 Å². The van der Waals surface area contributed by atoms with Crippen molar-refractivity contribution < 1.29 is 5.11 Å². The maximum atomic E-state index is 8.98. The number of rotatable bonds is 0. The monoisotopic (exact) mass is 172 g/mol. The van der Waals surface area contributed by atoms with Crippen LogP contribution in [0.3, 0.4) is 0 Å². The fourth-order valence-electron chi connectivity index (χ4n) is 0.951. The van der Waals surface area contributed by atoms with Gasteiger partial charge >= 0.3 is 0 Å². The van der Waals surface area contributed by atoms with Gasteiger partial charge in [0.25, 0.3) is 0 Å². The standard InChI is InChI=1S/C7H12O.2C2H6/c1-6-2-4-7(8)5-3-6;2*1-2/h2,7-8H,3-5H2,1H3;2*1-2H3. The Labute approximate surface area is 77.5 Å². The van der Waals surface area contributed by atoms with Crippen LogP contribution in [0.25, 0.3) is 0 Å². The number of allylic oxidation sites excluding steroid dienone is 1. The van der Waals surface area contributed by atoms with Gasteiger partial charge in [-0.25, -0.2) is 0 Å². The average molecular weight is 172 g/mol. The molecule has 1 rings (SSSR count). The van der Waals surface area contributed by atoms with Crippen molar-refractivity contribution in [3.05, 3.63) is 11.6 Å². The molecule has 1 unspecified atom stereocenters. The zero-order chi connectivity index (χ0) is 9.98. The van der Waals surface area contributed by atoms with E-state index in [1.54, 1.807) is 0 Å². The smallest absolute Gasteiger partial charge is 0.0577 e. The van der Waals surface area contributed by atoms with Gasteiger partial charge < -0.3 is 5.11 Å². The predicted molar refractivity (Wildman–Crippen MR) is 56.3 cm³/mol. The largest absolute Gasteiger partial charge is 0.393 e. The van der Waals surface area contributed by atoms with Gasteiger partial charge in [0.05, 0.1) is 6.10 Å². The van der Waals surface area contributed by atoms with Gasteiger partial charge in [-0.2, -0.15) is 0 Å². The lowest BCUT2D eigenvalue weighted by Gasteiger charge is -2.13. The lowest BCUT2D eigenvalue weighted by atomic mass is 9.99. The molecule has 0 aromatic rings. The van der Waals surface area contributed by atoms with Gasteiger partial charge in [-0.15, -0.1) is 0 Å². The van der Waals surface area contributed by atoms with Gasteiger partial charge in [0, 0.05) is 0 Å². The van der Waals surface area contributed by atoms with E-state index in [9.17, 15) is 0 Å². The SMILES string of the molecule is CC.CC.CC1=CCC(O)CC1. The third-order valence-electron chi connectivity index (χ3n) is 1.61. The summed E-state index contributed by atoms with van der Waals surface area (Å²) in [5, 5.41) is 8.98. The van der Waals surface area contributed by atoms with Gasteiger partial charge in [0.2, 0.25) is 0 Å². The van der Waals surface area contributed by atoms with Gasteiger partial charge in [-0.3, -0.25) is 0 Å². The van der Waals surface area contributed by atoms with E-state index in [0.717, 1.165) is 19.3 Å². The van der Waals surface area contributed by atoms with Crippen LogP contribution in [-0.4, -0.2) is 11.2 Å². The number of hydrogen-bond acceptors (Lipinski definition) is 1. The molecule has 12 heavy (non-hydrogen) atoms. The molecule has 1 heteroatoms. The van der Waals surface area contributed by atoms with Crippen LogP contribution in [0.15, 0.2) is 11.6 Å². The van der Waals surface area contributed by atoms with Crippen molar-refractivity contribution in [2.75, 3.05) is 0 Å². The minimum atomic E-state index is -0.0568. The maximum absolute atomic E-state index is 8.98. The first-order valence-corrected chi connectivity index (χ1v) is 5.13. The normalized spacial score (nSPS) is 20.8. The highest BCUT2D eigenvalue weighted by Crippen LogP contribution is 2.16. The molecule has 0 heterocycles. The summed E-state index contributed by atoms with van der Waals surface area (Å²) >= 11 is 0. The van der Waals surface area contributed by atoms with Crippen LogP contribution in [0.1, 0.15) is 53.9 Å². The van der Waals surface area contributed by atoms with Crippen LogP contribution < -0.4 is 0 Å². The predicted octanol–water partition coefficient (Wildman–Crippen LogP) is 3.53. The summed E-state index contributed by atoms with van der Waals surface area (Å²) in [7, 11) is 0. The summed E-state index contributed by atoms with van der Waals surface area (Å²) in [5.74, 6) is 0.